The van der Waals surface area contributed by atoms with E-state index >= 15 is 0 Å². The van der Waals surface area contributed by atoms with Crippen molar-refractivity contribution in [3.8, 4) is 11.5 Å². The molecule has 2 N–H and O–H groups in total. The van der Waals surface area contributed by atoms with Crippen molar-refractivity contribution >= 4 is 66.5 Å². The first-order valence-corrected chi connectivity index (χ1v) is 9.48. The molecule has 1 saturated heterocycles. The summed E-state index contributed by atoms with van der Waals surface area (Å²) in [6, 6.07) is 10.8. The first-order chi connectivity index (χ1) is 12.0. The van der Waals surface area contributed by atoms with Gasteiger partial charge in [0, 0.05) is 10.0 Å². The van der Waals surface area contributed by atoms with Gasteiger partial charge in [-0.3, -0.25) is 4.79 Å². The van der Waals surface area contributed by atoms with Crippen molar-refractivity contribution < 1.29 is 14.6 Å². The van der Waals surface area contributed by atoms with E-state index in [-0.39, 0.29) is 11.7 Å². The van der Waals surface area contributed by atoms with Crippen LogP contribution >= 0.6 is 43.6 Å². The number of hydrogen-bond donors (Lipinski definition) is 2. The largest absolute Gasteiger partial charge is 0.506 e. The number of methoxy groups -OCH3 is 1. The van der Waals surface area contributed by atoms with Crippen LogP contribution in [-0.2, 0) is 4.79 Å². The van der Waals surface area contributed by atoms with Crippen molar-refractivity contribution in [1.29, 1.82) is 0 Å². The highest BCUT2D eigenvalue weighted by Crippen LogP contribution is 2.36. The third kappa shape index (κ3) is 4.26. The van der Waals surface area contributed by atoms with Crippen LogP contribution in [0.2, 0.25) is 0 Å². The summed E-state index contributed by atoms with van der Waals surface area (Å²) in [6.45, 7) is 0. The van der Waals surface area contributed by atoms with Gasteiger partial charge in [0.05, 0.1) is 22.2 Å². The molecule has 1 aliphatic heterocycles. The van der Waals surface area contributed by atoms with Crippen LogP contribution in [0.5, 0.6) is 11.5 Å². The summed E-state index contributed by atoms with van der Waals surface area (Å²) in [5.41, 5.74) is 1.22. The summed E-state index contributed by atoms with van der Waals surface area (Å²) in [5.74, 6) is 0.350. The summed E-state index contributed by atoms with van der Waals surface area (Å²) in [4.78, 5) is 17.0. The lowest BCUT2D eigenvalue weighted by atomic mass is 10.1. The second kappa shape index (κ2) is 7.63. The van der Waals surface area contributed by atoms with Crippen molar-refractivity contribution in [2.24, 2.45) is 4.99 Å². The number of thioether (sulfide) groups is 1. The van der Waals surface area contributed by atoms with Crippen molar-refractivity contribution in [1.82, 2.24) is 5.32 Å². The van der Waals surface area contributed by atoms with Gasteiger partial charge in [0.25, 0.3) is 5.91 Å². The van der Waals surface area contributed by atoms with Crippen LogP contribution in [0.3, 0.4) is 0 Å². The summed E-state index contributed by atoms with van der Waals surface area (Å²) in [7, 11) is 1.54. The summed E-state index contributed by atoms with van der Waals surface area (Å²) >= 11 is 7.85. The van der Waals surface area contributed by atoms with Gasteiger partial charge in [-0.1, -0.05) is 15.9 Å². The Bertz CT molecular complexity index is 896. The number of amidine groups is 1. The van der Waals surface area contributed by atoms with Crippen LogP contribution in [0.15, 0.2) is 55.2 Å². The minimum atomic E-state index is -0.265. The molecular formula is C17H12Br2N2O3S. The lowest BCUT2D eigenvalue weighted by Crippen LogP contribution is -2.19. The van der Waals surface area contributed by atoms with E-state index in [0.717, 1.165) is 10.2 Å². The molecule has 25 heavy (non-hydrogen) atoms. The van der Waals surface area contributed by atoms with Gasteiger partial charge in [-0.05, 0) is 70.2 Å². The zero-order chi connectivity index (χ0) is 18.0. The van der Waals surface area contributed by atoms with E-state index in [1.807, 2.05) is 24.3 Å². The van der Waals surface area contributed by atoms with Crippen molar-refractivity contribution in [2.75, 3.05) is 7.11 Å². The molecule has 2 aromatic carbocycles. The number of aromatic hydroxyl groups is 1. The Morgan fingerprint density at radius 1 is 1.24 bits per heavy atom. The summed E-state index contributed by atoms with van der Waals surface area (Å²) in [5, 5.41) is 13.4. The molecule has 5 nitrogen and oxygen atoms in total. The highest BCUT2D eigenvalue weighted by atomic mass is 79.9. The van der Waals surface area contributed by atoms with Gasteiger partial charge in [0.1, 0.15) is 11.5 Å². The number of carbonyl (C=O) groups excluding carboxylic acids is 1. The maximum atomic E-state index is 12.2. The fourth-order valence-corrected chi connectivity index (χ4v) is 3.63. The van der Waals surface area contributed by atoms with Crippen LogP contribution in [0.1, 0.15) is 5.56 Å². The number of halogens is 2. The van der Waals surface area contributed by atoms with Gasteiger partial charge >= 0.3 is 0 Å². The van der Waals surface area contributed by atoms with Crippen LogP contribution in [0, 0.1) is 0 Å². The lowest BCUT2D eigenvalue weighted by Gasteiger charge is -2.06. The Morgan fingerprint density at radius 2 is 1.96 bits per heavy atom. The number of benzene rings is 2. The number of rotatable bonds is 3. The molecule has 1 amide bonds. The van der Waals surface area contributed by atoms with Crippen molar-refractivity contribution in [3.05, 3.63) is 55.8 Å². The molecule has 0 unspecified atom stereocenters. The number of phenols is 1. The first-order valence-electron chi connectivity index (χ1n) is 7.08. The number of phenolic OH excluding ortho intramolecular Hbond substituents is 1. The molecule has 128 valence electrons. The lowest BCUT2D eigenvalue weighted by molar-refractivity contribution is -0.115. The monoisotopic (exact) mass is 482 g/mol. The molecule has 3 rings (SSSR count). The number of amides is 1. The van der Waals surface area contributed by atoms with Crippen molar-refractivity contribution in [3.63, 3.8) is 0 Å². The van der Waals surface area contributed by atoms with E-state index in [9.17, 15) is 9.90 Å². The molecule has 0 atom stereocenters. The molecule has 1 heterocycles. The van der Waals surface area contributed by atoms with Gasteiger partial charge in [-0.25, -0.2) is 4.99 Å². The second-order valence-corrected chi connectivity index (χ2v) is 7.81. The highest BCUT2D eigenvalue weighted by molar-refractivity contribution is 9.10. The molecular weight excluding hydrogens is 472 g/mol. The Hall–Kier alpha value is -1.77. The van der Waals surface area contributed by atoms with Gasteiger partial charge in [0.2, 0.25) is 0 Å². The maximum absolute atomic E-state index is 12.2. The van der Waals surface area contributed by atoms with E-state index in [1.165, 1.54) is 18.9 Å². The van der Waals surface area contributed by atoms with Crippen LogP contribution in [0.4, 0.5) is 5.69 Å². The molecule has 0 aromatic heterocycles. The van der Waals surface area contributed by atoms with E-state index in [2.05, 4.69) is 42.2 Å². The van der Waals surface area contributed by atoms with Gasteiger partial charge < -0.3 is 15.2 Å². The van der Waals surface area contributed by atoms with Gasteiger partial charge in [-0.15, -0.1) is 0 Å². The Balaban J connectivity index is 1.89. The number of aliphatic imine (C=N–C) groups is 1. The van der Waals surface area contributed by atoms with Gasteiger partial charge in [0.15, 0.2) is 5.17 Å². The predicted molar refractivity (Wildman–Crippen MR) is 107 cm³/mol. The van der Waals surface area contributed by atoms with Crippen LogP contribution < -0.4 is 10.1 Å². The standard InChI is InChI=1S/C17H12Br2N2O3S/c1-24-12-6-9(15(22)13(19)8-12)7-14-16(23)21-17(25-14)20-11-4-2-10(18)3-5-11/h2-8,22H,1H3,(H,20,21,23). The molecule has 0 aliphatic carbocycles. The number of hydrogen-bond acceptors (Lipinski definition) is 5. The minimum Gasteiger partial charge on any atom is -0.506 e. The van der Waals surface area contributed by atoms with E-state index in [4.69, 9.17) is 4.74 Å². The molecule has 0 bridgehead atoms. The minimum absolute atomic E-state index is 0.0417. The molecule has 0 radical (unpaired) electrons. The molecule has 0 saturated carbocycles. The van der Waals surface area contributed by atoms with Crippen LogP contribution in [-0.4, -0.2) is 23.3 Å². The van der Waals surface area contributed by atoms with Gasteiger partial charge in [-0.2, -0.15) is 0 Å². The molecule has 1 fully saturated rings. The van der Waals surface area contributed by atoms with Crippen molar-refractivity contribution in [2.45, 2.75) is 0 Å². The predicted octanol–water partition coefficient (Wildman–Crippen LogP) is 4.82. The second-order valence-electron chi connectivity index (χ2n) is 5.01. The normalized spacial score (nSPS) is 17.2. The molecule has 0 spiro atoms. The average molecular weight is 484 g/mol. The molecule has 2 aromatic rings. The smallest absolute Gasteiger partial charge is 0.264 e. The highest BCUT2D eigenvalue weighted by Gasteiger charge is 2.24. The first kappa shape index (κ1) is 18.0. The maximum Gasteiger partial charge on any atom is 0.264 e. The third-order valence-electron chi connectivity index (χ3n) is 3.30. The zero-order valence-electron chi connectivity index (χ0n) is 12.9. The van der Waals surface area contributed by atoms with Crippen LogP contribution in [0.25, 0.3) is 6.08 Å². The zero-order valence-corrected chi connectivity index (χ0v) is 16.9. The fourth-order valence-electron chi connectivity index (χ4n) is 2.08. The third-order valence-corrected chi connectivity index (χ3v) is 5.34. The summed E-state index contributed by atoms with van der Waals surface area (Å²) < 4.78 is 6.64. The number of nitrogens with one attached hydrogen (secondary N) is 1. The Morgan fingerprint density at radius 3 is 2.64 bits per heavy atom. The average Bonchev–Trinajstić information content (AvgIpc) is 2.93. The fraction of sp³-hybridized carbons (Fsp3) is 0.0588. The summed E-state index contributed by atoms with van der Waals surface area (Å²) in [6.07, 6.45) is 1.60. The van der Waals surface area contributed by atoms with E-state index in [1.54, 1.807) is 18.2 Å². The number of nitrogens with zero attached hydrogens (tertiary/aromatic N) is 1. The molecule has 8 heteroatoms. The Kier molecular flexibility index (Phi) is 5.51. The molecule has 1 aliphatic rings. The topological polar surface area (TPSA) is 70.9 Å². The number of ether oxygens (including phenoxy) is 1. The number of carbonyl (C=O) groups is 1. The van der Waals surface area contributed by atoms with E-state index < -0.39 is 0 Å². The van der Waals surface area contributed by atoms with E-state index in [0.29, 0.717) is 25.9 Å². The Labute approximate surface area is 165 Å². The SMILES string of the molecule is COc1cc(Br)c(O)c(C=C2SC(=Nc3ccc(Br)cc3)NC2=O)c1. The quantitative estimate of drug-likeness (QED) is 0.614.